The summed E-state index contributed by atoms with van der Waals surface area (Å²) < 4.78 is 16.0. The number of ether oxygens (including phenoxy) is 3. The molecule has 2 aromatic carbocycles. The van der Waals surface area contributed by atoms with Crippen molar-refractivity contribution < 1.29 is 19.3 Å². The Morgan fingerprint density at radius 1 is 1.00 bits per heavy atom. The van der Waals surface area contributed by atoms with Crippen LogP contribution in [0.1, 0.15) is 24.2 Å². The highest BCUT2D eigenvalue weighted by atomic mass is 127. The number of rotatable bonds is 10. The Labute approximate surface area is 195 Å². The van der Waals surface area contributed by atoms with Gasteiger partial charge in [0.1, 0.15) is 23.4 Å². The molecule has 0 saturated heterocycles. The van der Waals surface area contributed by atoms with Gasteiger partial charge in [0.25, 0.3) is 0 Å². The first-order chi connectivity index (χ1) is 14.1. The number of benzene rings is 2. The number of hydrogen-bond acceptors (Lipinski definition) is 5. The van der Waals surface area contributed by atoms with Gasteiger partial charge in [-0.15, -0.1) is 24.0 Å². The van der Waals surface area contributed by atoms with Crippen LogP contribution >= 0.6 is 24.0 Å². The lowest BCUT2D eigenvalue weighted by Crippen LogP contribution is -2.38. The summed E-state index contributed by atoms with van der Waals surface area (Å²) in [6.45, 7) is 3.59. The van der Waals surface area contributed by atoms with Crippen LogP contribution in [0.15, 0.2) is 47.5 Å². The number of nitrogens with zero attached hydrogens (tertiary/aromatic N) is 1. The topological polar surface area (TPSA) is 84.3 Å². The van der Waals surface area contributed by atoms with Crippen molar-refractivity contribution in [1.82, 2.24) is 10.6 Å². The fourth-order valence-corrected chi connectivity index (χ4v) is 2.94. The van der Waals surface area contributed by atoms with Gasteiger partial charge in [0.2, 0.25) is 0 Å². The number of aliphatic imine (C=N–C) groups is 1. The molecular weight excluding hydrogens is 497 g/mol. The number of nitrogens with one attached hydrogen (secondary N) is 2. The maximum Gasteiger partial charge on any atom is 0.191 e. The lowest BCUT2D eigenvalue weighted by molar-refractivity contribution is 0.182. The molecule has 1 atom stereocenters. The number of halogens is 1. The predicted molar refractivity (Wildman–Crippen MR) is 131 cm³/mol. The van der Waals surface area contributed by atoms with E-state index in [1.807, 2.05) is 31.2 Å². The zero-order valence-electron chi connectivity index (χ0n) is 18.0. The van der Waals surface area contributed by atoms with Gasteiger partial charge in [-0.2, -0.15) is 0 Å². The number of methoxy groups -OCH3 is 3. The molecule has 0 spiro atoms. The van der Waals surface area contributed by atoms with E-state index in [0.29, 0.717) is 29.6 Å². The number of aliphatic hydroxyl groups excluding tert-OH is 1. The smallest absolute Gasteiger partial charge is 0.191 e. The Morgan fingerprint density at radius 3 is 2.40 bits per heavy atom. The highest BCUT2D eigenvalue weighted by Gasteiger charge is 2.15. The SMILES string of the molecule is CCNC(=NCC(O)c1cc(OC)ccc1OC)NCCc1ccccc1OC.I. The largest absolute Gasteiger partial charge is 0.497 e. The van der Waals surface area contributed by atoms with Gasteiger partial charge in [0.15, 0.2) is 5.96 Å². The van der Waals surface area contributed by atoms with Crippen molar-refractivity contribution in [2.75, 3.05) is 41.0 Å². The van der Waals surface area contributed by atoms with Crippen LogP contribution in [0, 0.1) is 0 Å². The Morgan fingerprint density at radius 2 is 1.73 bits per heavy atom. The molecule has 0 radical (unpaired) electrons. The third-order valence-corrected chi connectivity index (χ3v) is 4.44. The van der Waals surface area contributed by atoms with Crippen molar-refractivity contribution in [3.05, 3.63) is 53.6 Å². The second-order valence-corrected chi connectivity index (χ2v) is 6.33. The zero-order valence-corrected chi connectivity index (χ0v) is 20.3. The van der Waals surface area contributed by atoms with Gasteiger partial charge in [-0.25, -0.2) is 0 Å². The molecule has 2 rings (SSSR count). The minimum atomic E-state index is -0.815. The molecule has 30 heavy (non-hydrogen) atoms. The van der Waals surface area contributed by atoms with Crippen molar-refractivity contribution >= 4 is 29.9 Å². The van der Waals surface area contributed by atoms with E-state index in [0.717, 1.165) is 24.3 Å². The van der Waals surface area contributed by atoms with Crippen molar-refractivity contribution in [3.8, 4) is 17.2 Å². The summed E-state index contributed by atoms with van der Waals surface area (Å²) in [4.78, 5) is 4.51. The van der Waals surface area contributed by atoms with Gasteiger partial charge in [-0.05, 0) is 43.2 Å². The lowest BCUT2D eigenvalue weighted by Gasteiger charge is -2.16. The summed E-state index contributed by atoms with van der Waals surface area (Å²) in [6, 6.07) is 13.3. The molecule has 0 fully saturated rings. The first-order valence-corrected chi connectivity index (χ1v) is 9.67. The molecule has 0 aliphatic carbocycles. The maximum atomic E-state index is 10.6. The average Bonchev–Trinajstić information content (AvgIpc) is 2.77. The molecule has 0 saturated carbocycles. The van der Waals surface area contributed by atoms with Crippen molar-refractivity contribution in [2.24, 2.45) is 4.99 Å². The van der Waals surface area contributed by atoms with Crippen LogP contribution in [0.2, 0.25) is 0 Å². The first kappa shape index (κ1) is 25.8. The fourth-order valence-electron chi connectivity index (χ4n) is 2.94. The molecule has 0 amide bonds. The number of guanidine groups is 1. The van der Waals surface area contributed by atoms with Crippen LogP contribution in [0.3, 0.4) is 0 Å². The molecule has 7 nitrogen and oxygen atoms in total. The minimum Gasteiger partial charge on any atom is -0.497 e. The van der Waals surface area contributed by atoms with Crippen molar-refractivity contribution in [3.63, 3.8) is 0 Å². The van der Waals surface area contributed by atoms with Crippen LogP contribution in [0.4, 0.5) is 0 Å². The quantitative estimate of drug-likeness (QED) is 0.249. The molecular formula is C22H32IN3O4. The van der Waals surface area contributed by atoms with Gasteiger partial charge in [0, 0.05) is 18.7 Å². The highest BCUT2D eigenvalue weighted by molar-refractivity contribution is 14.0. The summed E-state index contributed by atoms with van der Waals surface area (Å²) in [5.74, 6) is 2.77. The Kier molecular flexibility index (Phi) is 12.0. The molecule has 0 bridgehead atoms. The number of hydrogen-bond donors (Lipinski definition) is 3. The van der Waals surface area contributed by atoms with E-state index < -0.39 is 6.10 Å². The Balaban J connectivity index is 0.00000450. The number of para-hydroxylation sites is 1. The molecule has 0 aliphatic rings. The molecule has 3 N–H and O–H groups in total. The van der Waals surface area contributed by atoms with Crippen LogP contribution in [-0.2, 0) is 6.42 Å². The first-order valence-electron chi connectivity index (χ1n) is 9.67. The third kappa shape index (κ3) is 7.56. The molecule has 1 unspecified atom stereocenters. The van der Waals surface area contributed by atoms with Gasteiger partial charge >= 0.3 is 0 Å². The minimum absolute atomic E-state index is 0. The van der Waals surface area contributed by atoms with Gasteiger partial charge in [0.05, 0.1) is 27.9 Å². The summed E-state index contributed by atoms with van der Waals surface area (Å²) in [5, 5.41) is 17.1. The number of aliphatic hydroxyl groups is 1. The van der Waals surface area contributed by atoms with E-state index in [4.69, 9.17) is 14.2 Å². The monoisotopic (exact) mass is 529 g/mol. The molecule has 0 heterocycles. The molecule has 2 aromatic rings. The maximum absolute atomic E-state index is 10.6. The van der Waals surface area contributed by atoms with E-state index in [9.17, 15) is 5.11 Å². The predicted octanol–water partition coefficient (Wildman–Crippen LogP) is 3.16. The highest BCUT2D eigenvalue weighted by Crippen LogP contribution is 2.29. The van der Waals surface area contributed by atoms with Crippen LogP contribution in [0.25, 0.3) is 0 Å². The molecule has 166 valence electrons. The fraction of sp³-hybridized carbons (Fsp3) is 0.409. The Bertz CT molecular complexity index is 802. The molecule has 0 aromatic heterocycles. The van der Waals surface area contributed by atoms with Gasteiger partial charge in [-0.3, -0.25) is 4.99 Å². The van der Waals surface area contributed by atoms with E-state index in [2.05, 4.69) is 15.6 Å². The third-order valence-electron chi connectivity index (χ3n) is 4.44. The van der Waals surface area contributed by atoms with Gasteiger partial charge in [-0.1, -0.05) is 18.2 Å². The molecule has 0 aliphatic heterocycles. The van der Waals surface area contributed by atoms with E-state index in [1.54, 1.807) is 39.5 Å². The second kappa shape index (κ2) is 13.9. The van der Waals surface area contributed by atoms with E-state index in [-0.39, 0.29) is 30.5 Å². The normalized spacial score (nSPS) is 11.8. The summed E-state index contributed by atoms with van der Waals surface area (Å²) in [6.07, 6.45) is -0.0227. The van der Waals surface area contributed by atoms with Crippen LogP contribution in [-0.4, -0.2) is 52.0 Å². The summed E-state index contributed by atoms with van der Waals surface area (Å²) in [7, 11) is 4.84. The molecule has 8 heteroatoms. The Hall–Kier alpha value is -2.20. The summed E-state index contributed by atoms with van der Waals surface area (Å²) >= 11 is 0. The van der Waals surface area contributed by atoms with Crippen LogP contribution < -0.4 is 24.8 Å². The zero-order chi connectivity index (χ0) is 21.1. The standard InChI is InChI=1S/C22H31N3O4.HI/c1-5-23-22(24-13-12-16-8-6-7-9-20(16)28-3)25-15-19(26)18-14-17(27-2)10-11-21(18)29-4;/h6-11,14,19,26H,5,12-13,15H2,1-4H3,(H2,23,24,25);1H. The second-order valence-electron chi connectivity index (χ2n) is 6.33. The summed E-state index contributed by atoms with van der Waals surface area (Å²) in [5.41, 5.74) is 1.76. The van der Waals surface area contributed by atoms with E-state index >= 15 is 0 Å². The van der Waals surface area contributed by atoms with Crippen LogP contribution in [0.5, 0.6) is 17.2 Å². The lowest BCUT2D eigenvalue weighted by atomic mass is 10.1. The average molecular weight is 529 g/mol. The van der Waals surface area contributed by atoms with Crippen molar-refractivity contribution in [2.45, 2.75) is 19.4 Å². The van der Waals surface area contributed by atoms with Crippen molar-refractivity contribution in [1.29, 1.82) is 0 Å². The van der Waals surface area contributed by atoms with Gasteiger partial charge < -0.3 is 30.0 Å². The van der Waals surface area contributed by atoms with E-state index in [1.165, 1.54) is 0 Å².